The normalized spacial score (nSPS) is 14.2. The number of nitrogens with zero attached hydrogens (tertiary/aromatic N) is 3. The summed E-state index contributed by atoms with van der Waals surface area (Å²) in [4.78, 5) is 17.1. The third-order valence-electron chi connectivity index (χ3n) is 3.49. The fourth-order valence-corrected chi connectivity index (χ4v) is 3.72. The van der Waals surface area contributed by atoms with E-state index in [1.54, 1.807) is 12.4 Å². The van der Waals surface area contributed by atoms with Crippen molar-refractivity contribution in [3.05, 3.63) is 34.7 Å². The summed E-state index contributed by atoms with van der Waals surface area (Å²) in [6.07, 6.45) is 10.0. The van der Waals surface area contributed by atoms with Gasteiger partial charge in [-0.15, -0.1) is 11.3 Å². The van der Waals surface area contributed by atoms with E-state index < -0.39 is 0 Å². The molecular weight excluding hydrogens is 272 g/mol. The van der Waals surface area contributed by atoms with Crippen LogP contribution in [0.5, 0.6) is 0 Å². The number of thiophene rings is 1. The molecular formula is C14H14N4OS. The van der Waals surface area contributed by atoms with Crippen LogP contribution in [0.25, 0.3) is 0 Å². The first-order chi connectivity index (χ1) is 9.79. The maximum atomic E-state index is 12.0. The monoisotopic (exact) mass is 286 g/mol. The average molecular weight is 286 g/mol. The van der Waals surface area contributed by atoms with Gasteiger partial charge in [-0.25, -0.2) is 9.78 Å². The molecule has 1 N–H and O–H groups in total. The van der Waals surface area contributed by atoms with Gasteiger partial charge in [0.05, 0.1) is 5.56 Å². The highest BCUT2D eigenvalue weighted by Crippen LogP contribution is 2.36. The number of anilines is 1. The Hall–Kier alpha value is -2.13. The van der Waals surface area contributed by atoms with Crippen LogP contribution in [0.2, 0.25) is 0 Å². The average Bonchev–Trinajstić information content (AvgIpc) is 3.02. The number of hydrogen-bond donors (Lipinski definition) is 1. The van der Waals surface area contributed by atoms with Gasteiger partial charge in [-0.1, -0.05) is 6.42 Å². The molecule has 0 saturated carbocycles. The first-order valence-corrected chi connectivity index (χ1v) is 7.45. The molecule has 20 heavy (non-hydrogen) atoms. The zero-order valence-electron chi connectivity index (χ0n) is 10.9. The van der Waals surface area contributed by atoms with Crippen LogP contribution in [0.15, 0.2) is 18.7 Å². The lowest BCUT2D eigenvalue weighted by atomic mass is 10.1. The van der Waals surface area contributed by atoms with E-state index in [4.69, 9.17) is 0 Å². The lowest BCUT2D eigenvalue weighted by Crippen LogP contribution is -2.17. The van der Waals surface area contributed by atoms with Gasteiger partial charge < -0.3 is 0 Å². The van der Waals surface area contributed by atoms with Gasteiger partial charge in [0, 0.05) is 17.3 Å². The SMILES string of the molecule is N#Cc1c(NC(=O)n2ccnc2)sc2c1CCCCC2. The second-order valence-electron chi connectivity index (χ2n) is 4.78. The first-order valence-electron chi connectivity index (χ1n) is 6.63. The van der Waals surface area contributed by atoms with Crippen LogP contribution in [-0.4, -0.2) is 15.6 Å². The number of rotatable bonds is 1. The molecule has 0 bridgehead atoms. The molecule has 2 heterocycles. The van der Waals surface area contributed by atoms with Crippen LogP contribution in [0.4, 0.5) is 9.80 Å². The Bertz CT molecular complexity index is 666. The Morgan fingerprint density at radius 2 is 2.25 bits per heavy atom. The van der Waals surface area contributed by atoms with Gasteiger partial charge in [-0.3, -0.25) is 9.88 Å². The van der Waals surface area contributed by atoms with E-state index in [1.165, 1.54) is 33.5 Å². The van der Waals surface area contributed by atoms with Crippen LogP contribution < -0.4 is 5.32 Å². The Kier molecular flexibility index (Phi) is 3.52. The van der Waals surface area contributed by atoms with E-state index in [-0.39, 0.29) is 6.03 Å². The van der Waals surface area contributed by atoms with Crippen molar-refractivity contribution in [3.63, 3.8) is 0 Å². The molecule has 0 atom stereocenters. The Balaban J connectivity index is 1.90. The predicted octanol–water partition coefficient (Wildman–Crippen LogP) is 3.17. The quantitative estimate of drug-likeness (QED) is 0.818. The third kappa shape index (κ3) is 2.32. The minimum absolute atomic E-state index is 0.282. The summed E-state index contributed by atoms with van der Waals surface area (Å²) >= 11 is 1.54. The van der Waals surface area contributed by atoms with Crippen molar-refractivity contribution in [3.8, 4) is 6.07 Å². The third-order valence-corrected chi connectivity index (χ3v) is 4.70. The van der Waals surface area contributed by atoms with Crippen molar-refractivity contribution in [2.75, 3.05) is 5.32 Å². The van der Waals surface area contributed by atoms with Gasteiger partial charge in [0.2, 0.25) is 0 Å². The van der Waals surface area contributed by atoms with E-state index in [0.717, 1.165) is 31.2 Å². The largest absolute Gasteiger partial charge is 0.331 e. The van der Waals surface area contributed by atoms with Crippen molar-refractivity contribution < 1.29 is 4.79 Å². The van der Waals surface area contributed by atoms with Crippen LogP contribution >= 0.6 is 11.3 Å². The van der Waals surface area contributed by atoms with Gasteiger partial charge in [0.25, 0.3) is 0 Å². The molecule has 0 aliphatic heterocycles. The second-order valence-corrected chi connectivity index (χ2v) is 5.89. The fraction of sp³-hybridized carbons (Fsp3) is 0.357. The number of imidazole rings is 1. The van der Waals surface area contributed by atoms with Crippen LogP contribution in [0.3, 0.4) is 0 Å². The van der Waals surface area contributed by atoms with Gasteiger partial charge in [0.15, 0.2) is 0 Å². The lowest BCUT2D eigenvalue weighted by Gasteiger charge is -2.03. The van der Waals surface area contributed by atoms with Gasteiger partial charge in [0.1, 0.15) is 17.4 Å². The number of carbonyl (C=O) groups is 1. The number of aryl methyl sites for hydroxylation is 1. The zero-order valence-corrected chi connectivity index (χ0v) is 11.7. The number of nitrogens with one attached hydrogen (secondary N) is 1. The molecule has 0 unspecified atom stereocenters. The van der Waals surface area contributed by atoms with Gasteiger partial charge in [-0.2, -0.15) is 5.26 Å². The van der Waals surface area contributed by atoms with E-state index in [9.17, 15) is 10.1 Å². The fourth-order valence-electron chi connectivity index (χ4n) is 2.49. The topological polar surface area (TPSA) is 70.7 Å². The Morgan fingerprint density at radius 1 is 1.40 bits per heavy atom. The minimum Gasteiger partial charge on any atom is -0.297 e. The van der Waals surface area contributed by atoms with E-state index in [2.05, 4.69) is 16.4 Å². The molecule has 0 fully saturated rings. The highest BCUT2D eigenvalue weighted by molar-refractivity contribution is 7.16. The summed E-state index contributed by atoms with van der Waals surface area (Å²) < 4.78 is 1.37. The van der Waals surface area contributed by atoms with Crippen molar-refractivity contribution in [1.82, 2.24) is 9.55 Å². The molecule has 102 valence electrons. The Labute approximate surface area is 120 Å². The van der Waals surface area contributed by atoms with E-state index in [1.807, 2.05) is 0 Å². The summed E-state index contributed by atoms with van der Waals surface area (Å²) in [5.74, 6) is 0. The molecule has 1 aliphatic rings. The van der Waals surface area contributed by atoms with E-state index >= 15 is 0 Å². The lowest BCUT2D eigenvalue weighted by molar-refractivity contribution is 0.253. The smallest absolute Gasteiger partial charge is 0.297 e. The standard InChI is InChI=1S/C14H14N4OS/c15-8-11-10-4-2-1-3-5-12(10)20-13(11)17-14(19)18-7-6-16-9-18/h6-7,9H,1-5H2,(H,17,19). The highest BCUT2D eigenvalue weighted by Gasteiger charge is 2.21. The van der Waals surface area contributed by atoms with Crippen LogP contribution in [0.1, 0.15) is 35.3 Å². The number of hydrogen-bond acceptors (Lipinski definition) is 4. The summed E-state index contributed by atoms with van der Waals surface area (Å²) in [6, 6.07) is 1.97. The molecule has 2 aromatic rings. The Morgan fingerprint density at radius 3 is 3.00 bits per heavy atom. The number of aromatic nitrogens is 2. The van der Waals surface area contributed by atoms with Crippen molar-refractivity contribution in [2.24, 2.45) is 0 Å². The molecule has 6 heteroatoms. The molecule has 5 nitrogen and oxygen atoms in total. The molecule has 1 amide bonds. The molecule has 0 radical (unpaired) electrons. The van der Waals surface area contributed by atoms with Crippen LogP contribution in [0, 0.1) is 11.3 Å². The summed E-state index contributed by atoms with van der Waals surface area (Å²) in [6.45, 7) is 0. The van der Waals surface area contributed by atoms with E-state index in [0.29, 0.717) is 10.6 Å². The van der Waals surface area contributed by atoms with Crippen molar-refractivity contribution >= 4 is 22.4 Å². The zero-order chi connectivity index (χ0) is 13.9. The molecule has 0 spiro atoms. The molecule has 3 rings (SSSR count). The number of nitriles is 1. The minimum atomic E-state index is -0.282. The molecule has 2 aromatic heterocycles. The maximum absolute atomic E-state index is 12.0. The molecule has 1 aliphatic carbocycles. The van der Waals surface area contributed by atoms with Crippen molar-refractivity contribution in [1.29, 1.82) is 5.26 Å². The maximum Gasteiger partial charge on any atom is 0.331 e. The number of fused-ring (bicyclic) bond motifs is 1. The predicted molar refractivity (Wildman–Crippen MR) is 76.9 cm³/mol. The molecule has 0 saturated heterocycles. The number of amides is 1. The summed E-state index contributed by atoms with van der Waals surface area (Å²) in [5, 5.41) is 12.9. The molecule has 0 aromatic carbocycles. The summed E-state index contributed by atoms with van der Waals surface area (Å²) in [5.41, 5.74) is 1.77. The highest BCUT2D eigenvalue weighted by atomic mass is 32.1. The second kappa shape index (κ2) is 5.47. The van der Waals surface area contributed by atoms with Crippen molar-refractivity contribution in [2.45, 2.75) is 32.1 Å². The van der Waals surface area contributed by atoms with Gasteiger partial charge in [-0.05, 0) is 31.2 Å². The van der Waals surface area contributed by atoms with Crippen LogP contribution in [-0.2, 0) is 12.8 Å². The van der Waals surface area contributed by atoms with Gasteiger partial charge >= 0.3 is 6.03 Å². The summed E-state index contributed by atoms with van der Waals surface area (Å²) in [7, 11) is 0. The number of carbonyl (C=O) groups excluding carboxylic acids is 1. The first kappa shape index (κ1) is 12.9.